The van der Waals surface area contributed by atoms with E-state index in [4.69, 9.17) is 11.6 Å². The first kappa shape index (κ1) is 14.0. The van der Waals surface area contributed by atoms with Gasteiger partial charge in [0.1, 0.15) is 5.82 Å². The Hall–Kier alpha value is -1.38. The van der Waals surface area contributed by atoms with Gasteiger partial charge in [-0.25, -0.2) is 4.39 Å². The van der Waals surface area contributed by atoms with Crippen LogP contribution in [0.25, 0.3) is 0 Å². The van der Waals surface area contributed by atoms with E-state index >= 15 is 0 Å². The third kappa shape index (κ3) is 3.79. The second kappa shape index (κ2) is 6.18. The Labute approximate surface area is 118 Å². The zero-order valence-electron chi connectivity index (χ0n) is 11.1. The largest absolute Gasteiger partial charge is 0.306 e. The van der Waals surface area contributed by atoms with Crippen molar-refractivity contribution in [3.05, 3.63) is 70.0 Å². The van der Waals surface area contributed by atoms with Crippen LogP contribution in [0.3, 0.4) is 0 Å². The number of hydrogen-bond donors (Lipinski definition) is 1. The molecule has 0 aliphatic heterocycles. The Morgan fingerprint density at radius 1 is 1.16 bits per heavy atom. The normalized spacial score (nSPS) is 12.4. The van der Waals surface area contributed by atoms with Gasteiger partial charge in [-0.2, -0.15) is 0 Å². The molecule has 0 bridgehead atoms. The van der Waals surface area contributed by atoms with E-state index in [0.29, 0.717) is 11.6 Å². The van der Waals surface area contributed by atoms with E-state index in [2.05, 4.69) is 43.4 Å². The molecule has 0 amide bonds. The van der Waals surface area contributed by atoms with Crippen LogP contribution in [0.1, 0.15) is 29.7 Å². The molecular formula is C16H17ClFN. The molecule has 100 valence electrons. The molecule has 3 heteroatoms. The highest BCUT2D eigenvalue weighted by Crippen LogP contribution is 2.19. The van der Waals surface area contributed by atoms with Crippen molar-refractivity contribution in [1.29, 1.82) is 0 Å². The van der Waals surface area contributed by atoms with Gasteiger partial charge in [0.15, 0.2) is 0 Å². The number of benzene rings is 2. The van der Waals surface area contributed by atoms with Crippen LogP contribution in [0.5, 0.6) is 0 Å². The minimum absolute atomic E-state index is 0.194. The number of rotatable bonds is 4. The maximum atomic E-state index is 13.2. The first-order chi connectivity index (χ1) is 9.06. The minimum atomic E-state index is -0.260. The first-order valence-corrected chi connectivity index (χ1v) is 6.68. The van der Waals surface area contributed by atoms with Crippen molar-refractivity contribution < 1.29 is 4.39 Å². The highest BCUT2D eigenvalue weighted by atomic mass is 35.5. The first-order valence-electron chi connectivity index (χ1n) is 6.30. The van der Waals surface area contributed by atoms with Crippen molar-refractivity contribution in [3.8, 4) is 0 Å². The molecule has 1 N–H and O–H groups in total. The summed E-state index contributed by atoms with van der Waals surface area (Å²) in [5, 5.41) is 3.94. The molecule has 0 saturated carbocycles. The summed E-state index contributed by atoms with van der Waals surface area (Å²) in [6.45, 7) is 4.69. The molecule has 0 fully saturated rings. The second-order valence-electron chi connectivity index (χ2n) is 4.75. The third-order valence-corrected chi connectivity index (χ3v) is 3.55. The number of nitrogens with one attached hydrogen (secondary N) is 1. The quantitative estimate of drug-likeness (QED) is 0.858. The van der Waals surface area contributed by atoms with E-state index in [1.165, 1.54) is 23.3 Å². The van der Waals surface area contributed by atoms with Crippen molar-refractivity contribution in [2.45, 2.75) is 26.4 Å². The summed E-state index contributed by atoms with van der Waals surface area (Å²) < 4.78 is 13.2. The summed E-state index contributed by atoms with van der Waals surface area (Å²) in [7, 11) is 0. The minimum Gasteiger partial charge on any atom is -0.306 e. The smallest absolute Gasteiger partial charge is 0.123 e. The topological polar surface area (TPSA) is 12.0 Å². The van der Waals surface area contributed by atoms with Crippen LogP contribution < -0.4 is 5.32 Å². The van der Waals surface area contributed by atoms with Gasteiger partial charge in [0.05, 0.1) is 0 Å². The van der Waals surface area contributed by atoms with E-state index < -0.39 is 0 Å². The van der Waals surface area contributed by atoms with E-state index in [1.54, 1.807) is 6.07 Å². The van der Waals surface area contributed by atoms with Crippen LogP contribution >= 0.6 is 11.6 Å². The summed E-state index contributed by atoms with van der Waals surface area (Å²) >= 11 is 6.04. The average Bonchev–Trinajstić information content (AvgIpc) is 2.40. The molecule has 0 aliphatic rings. The number of hydrogen-bond acceptors (Lipinski definition) is 1. The molecule has 19 heavy (non-hydrogen) atoms. The fourth-order valence-corrected chi connectivity index (χ4v) is 2.10. The van der Waals surface area contributed by atoms with Crippen LogP contribution in [0.15, 0.2) is 42.5 Å². The monoisotopic (exact) mass is 277 g/mol. The van der Waals surface area contributed by atoms with Crippen LogP contribution in [-0.2, 0) is 6.54 Å². The van der Waals surface area contributed by atoms with Gasteiger partial charge >= 0.3 is 0 Å². The van der Waals surface area contributed by atoms with Crippen LogP contribution in [0.2, 0.25) is 5.02 Å². The Morgan fingerprint density at radius 2 is 1.84 bits per heavy atom. The standard InChI is InChI=1S/C16H17ClFN/c1-11-3-5-13(6-4-11)12(2)19-10-14-9-15(18)7-8-16(14)17/h3-9,12,19H,10H2,1-2H3. The Kier molecular flexibility index (Phi) is 4.56. The predicted octanol–water partition coefficient (Wildman–Crippen LogP) is 4.64. The lowest BCUT2D eigenvalue weighted by molar-refractivity contribution is 0.569. The molecule has 0 heterocycles. The summed E-state index contributed by atoms with van der Waals surface area (Å²) in [6.07, 6.45) is 0. The summed E-state index contributed by atoms with van der Waals surface area (Å²) in [4.78, 5) is 0. The molecule has 1 unspecified atom stereocenters. The van der Waals surface area contributed by atoms with Crippen molar-refractivity contribution >= 4 is 11.6 Å². The fraction of sp³-hybridized carbons (Fsp3) is 0.250. The van der Waals surface area contributed by atoms with Crippen LogP contribution in [0, 0.1) is 12.7 Å². The molecule has 0 aromatic heterocycles. The van der Waals surface area contributed by atoms with Gasteiger partial charge in [0, 0.05) is 17.6 Å². The molecule has 0 aliphatic carbocycles. The lowest BCUT2D eigenvalue weighted by Gasteiger charge is -2.15. The van der Waals surface area contributed by atoms with Gasteiger partial charge in [0.2, 0.25) is 0 Å². The van der Waals surface area contributed by atoms with Gasteiger partial charge in [-0.15, -0.1) is 0 Å². The lowest BCUT2D eigenvalue weighted by atomic mass is 10.1. The second-order valence-corrected chi connectivity index (χ2v) is 5.16. The number of aryl methyl sites for hydroxylation is 1. The number of halogens is 2. The van der Waals surface area contributed by atoms with Crippen molar-refractivity contribution in [3.63, 3.8) is 0 Å². The van der Waals surface area contributed by atoms with Gasteiger partial charge in [-0.05, 0) is 43.2 Å². The average molecular weight is 278 g/mol. The van der Waals surface area contributed by atoms with Crippen LogP contribution in [0.4, 0.5) is 4.39 Å². The van der Waals surface area contributed by atoms with E-state index in [9.17, 15) is 4.39 Å². The van der Waals surface area contributed by atoms with Gasteiger partial charge < -0.3 is 5.32 Å². The third-order valence-electron chi connectivity index (χ3n) is 3.18. The van der Waals surface area contributed by atoms with Gasteiger partial charge in [-0.1, -0.05) is 41.4 Å². The highest BCUT2D eigenvalue weighted by Gasteiger charge is 2.07. The Bertz CT molecular complexity index is 551. The molecule has 1 atom stereocenters. The maximum absolute atomic E-state index is 13.2. The van der Waals surface area contributed by atoms with E-state index in [-0.39, 0.29) is 11.9 Å². The highest BCUT2D eigenvalue weighted by molar-refractivity contribution is 6.31. The molecule has 0 spiro atoms. The molecule has 1 nitrogen and oxygen atoms in total. The fourth-order valence-electron chi connectivity index (χ4n) is 1.91. The molecule has 0 saturated heterocycles. The predicted molar refractivity (Wildman–Crippen MR) is 77.8 cm³/mol. The lowest BCUT2D eigenvalue weighted by Crippen LogP contribution is -2.18. The molecule has 2 rings (SSSR count). The van der Waals surface area contributed by atoms with Crippen LogP contribution in [-0.4, -0.2) is 0 Å². The SMILES string of the molecule is Cc1ccc(C(C)NCc2cc(F)ccc2Cl)cc1. The zero-order chi connectivity index (χ0) is 13.8. The molecule has 2 aromatic carbocycles. The van der Waals surface area contributed by atoms with Crippen molar-refractivity contribution in [2.24, 2.45) is 0 Å². The zero-order valence-corrected chi connectivity index (χ0v) is 11.8. The van der Waals surface area contributed by atoms with Gasteiger partial charge in [0.25, 0.3) is 0 Å². The van der Waals surface area contributed by atoms with Crippen molar-refractivity contribution in [1.82, 2.24) is 5.32 Å². The maximum Gasteiger partial charge on any atom is 0.123 e. The van der Waals surface area contributed by atoms with E-state index in [1.807, 2.05) is 0 Å². The molecule has 2 aromatic rings. The Balaban J connectivity index is 2.02. The van der Waals surface area contributed by atoms with Crippen molar-refractivity contribution in [2.75, 3.05) is 0 Å². The Morgan fingerprint density at radius 3 is 2.53 bits per heavy atom. The summed E-state index contributed by atoms with van der Waals surface area (Å²) in [5.41, 5.74) is 3.22. The summed E-state index contributed by atoms with van der Waals surface area (Å²) in [5.74, 6) is -0.260. The molecular weight excluding hydrogens is 261 g/mol. The molecule has 0 radical (unpaired) electrons. The summed E-state index contributed by atoms with van der Waals surface area (Å²) in [6, 6.07) is 13.0. The van der Waals surface area contributed by atoms with E-state index in [0.717, 1.165) is 5.56 Å². The van der Waals surface area contributed by atoms with Gasteiger partial charge in [-0.3, -0.25) is 0 Å².